The topological polar surface area (TPSA) is 90.1 Å². The van der Waals surface area contributed by atoms with Gasteiger partial charge in [0.2, 0.25) is 5.91 Å². The fourth-order valence-corrected chi connectivity index (χ4v) is 3.04. The number of amides is 1. The van der Waals surface area contributed by atoms with Crippen molar-refractivity contribution in [3.8, 4) is 17.0 Å². The summed E-state index contributed by atoms with van der Waals surface area (Å²) in [7, 11) is 1.62. The van der Waals surface area contributed by atoms with Crippen LogP contribution in [0.4, 0.5) is 5.82 Å². The van der Waals surface area contributed by atoms with E-state index in [0.29, 0.717) is 11.5 Å². The molecule has 1 amide bonds. The van der Waals surface area contributed by atoms with Crippen molar-refractivity contribution in [2.75, 3.05) is 12.4 Å². The van der Waals surface area contributed by atoms with E-state index in [1.807, 2.05) is 24.3 Å². The fourth-order valence-electron chi connectivity index (χ4n) is 3.04. The van der Waals surface area contributed by atoms with E-state index in [9.17, 15) is 4.79 Å². The molecule has 3 N–H and O–H groups in total. The van der Waals surface area contributed by atoms with Gasteiger partial charge < -0.3 is 15.8 Å². The van der Waals surface area contributed by atoms with Gasteiger partial charge in [-0.2, -0.15) is 0 Å². The van der Waals surface area contributed by atoms with Crippen LogP contribution in [0.25, 0.3) is 11.3 Å². The zero-order valence-electron chi connectivity index (χ0n) is 14.1. The molecule has 7 heteroatoms. The number of hydrogen-bond acceptors (Lipinski definition) is 5. The van der Waals surface area contributed by atoms with E-state index in [4.69, 9.17) is 10.5 Å². The second-order valence-corrected chi connectivity index (χ2v) is 6.09. The Morgan fingerprint density at radius 1 is 1.20 bits per heavy atom. The molecular formula is C18H23ClN4O2. The minimum atomic E-state index is 0. The molecule has 2 aromatic rings. The van der Waals surface area contributed by atoms with Crippen LogP contribution in [0.3, 0.4) is 0 Å². The molecule has 6 nitrogen and oxygen atoms in total. The Hall–Kier alpha value is -2.18. The standard InChI is InChI=1S/C18H22N4O2.ClH/c1-24-16-5-3-2-4-14(16)15-10-17(21-11-20-15)22-18(23)12-6-8-13(19)9-7-12;/h2-5,10-13H,6-9,19H2,1H3,(H,20,21,22,23);1H. The first-order valence-electron chi connectivity index (χ1n) is 8.19. The lowest BCUT2D eigenvalue weighted by molar-refractivity contribution is -0.120. The molecule has 25 heavy (non-hydrogen) atoms. The minimum Gasteiger partial charge on any atom is -0.496 e. The number of hydrogen-bond donors (Lipinski definition) is 2. The monoisotopic (exact) mass is 362 g/mol. The third kappa shape index (κ3) is 4.67. The Labute approximate surface area is 153 Å². The third-order valence-electron chi connectivity index (χ3n) is 4.44. The van der Waals surface area contributed by atoms with E-state index in [1.54, 1.807) is 13.2 Å². The largest absolute Gasteiger partial charge is 0.496 e. The summed E-state index contributed by atoms with van der Waals surface area (Å²) in [6.45, 7) is 0. The highest BCUT2D eigenvalue weighted by Gasteiger charge is 2.24. The maximum Gasteiger partial charge on any atom is 0.228 e. The van der Waals surface area contributed by atoms with Crippen LogP contribution in [0.1, 0.15) is 25.7 Å². The molecule has 0 spiro atoms. The summed E-state index contributed by atoms with van der Waals surface area (Å²) in [6, 6.07) is 9.62. The van der Waals surface area contributed by atoms with Crippen molar-refractivity contribution in [2.24, 2.45) is 11.7 Å². The van der Waals surface area contributed by atoms with Crippen molar-refractivity contribution < 1.29 is 9.53 Å². The normalized spacial score (nSPS) is 19.6. The number of nitrogens with zero attached hydrogens (tertiary/aromatic N) is 2. The van der Waals surface area contributed by atoms with Crippen molar-refractivity contribution in [3.63, 3.8) is 0 Å². The highest BCUT2D eigenvalue weighted by atomic mass is 35.5. The van der Waals surface area contributed by atoms with Crippen LogP contribution in [0.5, 0.6) is 5.75 Å². The number of nitrogens with one attached hydrogen (secondary N) is 1. The zero-order valence-corrected chi connectivity index (χ0v) is 15.0. The second-order valence-electron chi connectivity index (χ2n) is 6.09. The van der Waals surface area contributed by atoms with Gasteiger partial charge in [-0.05, 0) is 37.8 Å². The Kier molecular flexibility index (Phi) is 6.73. The van der Waals surface area contributed by atoms with Gasteiger partial charge in [-0.3, -0.25) is 4.79 Å². The average Bonchev–Trinajstić information content (AvgIpc) is 2.62. The molecule has 1 heterocycles. The lowest BCUT2D eigenvalue weighted by atomic mass is 9.86. The molecule has 1 aromatic carbocycles. The van der Waals surface area contributed by atoms with E-state index in [-0.39, 0.29) is 30.3 Å². The Morgan fingerprint density at radius 3 is 2.64 bits per heavy atom. The van der Waals surface area contributed by atoms with Crippen LogP contribution in [0, 0.1) is 5.92 Å². The molecule has 0 aliphatic heterocycles. The highest BCUT2D eigenvalue weighted by molar-refractivity contribution is 5.92. The average molecular weight is 363 g/mol. The van der Waals surface area contributed by atoms with E-state index in [1.165, 1.54) is 6.33 Å². The lowest BCUT2D eigenvalue weighted by Gasteiger charge is -2.24. The lowest BCUT2D eigenvalue weighted by Crippen LogP contribution is -2.32. The van der Waals surface area contributed by atoms with Gasteiger partial charge in [0.05, 0.1) is 12.8 Å². The molecule has 1 aromatic heterocycles. The first-order chi connectivity index (χ1) is 11.7. The van der Waals surface area contributed by atoms with E-state index >= 15 is 0 Å². The maximum atomic E-state index is 12.4. The molecule has 134 valence electrons. The number of halogens is 1. The number of aromatic nitrogens is 2. The van der Waals surface area contributed by atoms with Gasteiger partial charge in [0, 0.05) is 23.6 Å². The highest BCUT2D eigenvalue weighted by Crippen LogP contribution is 2.29. The third-order valence-corrected chi connectivity index (χ3v) is 4.44. The van der Waals surface area contributed by atoms with Gasteiger partial charge in [-0.1, -0.05) is 12.1 Å². The van der Waals surface area contributed by atoms with Gasteiger partial charge in [-0.25, -0.2) is 9.97 Å². The Bertz CT molecular complexity index is 718. The Morgan fingerprint density at radius 2 is 1.92 bits per heavy atom. The quantitative estimate of drug-likeness (QED) is 0.872. The maximum absolute atomic E-state index is 12.4. The van der Waals surface area contributed by atoms with E-state index in [2.05, 4.69) is 15.3 Å². The van der Waals surface area contributed by atoms with Crippen LogP contribution < -0.4 is 15.8 Å². The van der Waals surface area contributed by atoms with Crippen LogP contribution in [0.2, 0.25) is 0 Å². The predicted molar refractivity (Wildman–Crippen MR) is 99.8 cm³/mol. The number of rotatable bonds is 4. The molecule has 1 aliphatic rings. The molecule has 0 unspecified atom stereocenters. The number of carbonyl (C=O) groups is 1. The van der Waals surface area contributed by atoms with Crippen LogP contribution in [0.15, 0.2) is 36.7 Å². The summed E-state index contributed by atoms with van der Waals surface area (Å²) in [4.78, 5) is 20.9. The van der Waals surface area contributed by atoms with Crippen molar-refractivity contribution in [1.82, 2.24) is 9.97 Å². The van der Waals surface area contributed by atoms with Crippen molar-refractivity contribution in [3.05, 3.63) is 36.7 Å². The molecule has 0 bridgehead atoms. The summed E-state index contributed by atoms with van der Waals surface area (Å²) in [5, 5.41) is 2.90. The van der Waals surface area contributed by atoms with Gasteiger partial charge in [0.25, 0.3) is 0 Å². The summed E-state index contributed by atoms with van der Waals surface area (Å²) < 4.78 is 5.37. The molecule has 1 fully saturated rings. The molecule has 0 radical (unpaired) electrons. The number of benzene rings is 1. The van der Waals surface area contributed by atoms with Crippen molar-refractivity contribution in [1.29, 1.82) is 0 Å². The summed E-state index contributed by atoms with van der Waals surface area (Å²) in [6.07, 6.45) is 4.91. The van der Waals surface area contributed by atoms with Crippen molar-refractivity contribution >= 4 is 24.1 Å². The summed E-state index contributed by atoms with van der Waals surface area (Å²) >= 11 is 0. The Balaban J connectivity index is 0.00000225. The number of methoxy groups -OCH3 is 1. The first-order valence-corrected chi connectivity index (χ1v) is 8.19. The number of para-hydroxylation sites is 1. The second kappa shape index (κ2) is 8.78. The van der Waals surface area contributed by atoms with Gasteiger partial charge in [0.15, 0.2) is 0 Å². The minimum absolute atomic E-state index is 0. The zero-order chi connectivity index (χ0) is 16.9. The van der Waals surface area contributed by atoms with Crippen LogP contribution >= 0.6 is 12.4 Å². The number of carbonyl (C=O) groups excluding carboxylic acids is 1. The summed E-state index contributed by atoms with van der Waals surface area (Å²) in [5.41, 5.74) is 7.47. The van der Waals surface area contributed by atoms with Crippen molar-refractivity contribution in [2.45, 2.75) is 31.7 Å². The van der Waals surface area contributed by atoms with Gasteiger partial charge in [0.1, 0.15) is 17.9 Å². The molecule has 3 rings (SSSR count). The number of nitrogens with two attached hydrogens (primary N) is 1. The van der Waals surface area contributed by atoms with E-state index in [0.717, 1.165) is 37.0 Å². The molecular weight excluding hydrogens is 340 g/mol. The smallest absolute Gasteiger partial charge is 0.228 e. The van der Waals surface area contributed by atoms with Crippen LogP contribution in [-0.4, -0.2) is 29.0 Å². The number of anilines is 1. The molecule has 1 aliphatic carbocycles. The molecule has 0 saturated heterocycles. The predicted octanol–water partition coefficient (Wildman–Crippen LogP) is 3.03. The van der Waals surface area contributed by atoms with Gasteiger partial charge in [-0.15, -0.1) is 12.4 Å². The molecule has 0 atom stereocenters. The number of ether oxygens (including phenoxy) is 1. The van der Waals surface area contributed by atoms with Gasteiger partial charge >= 0.3 is 0 Å². The molecule has 1 saturated carbocycles. The fraction of sp³-hybridized carbons (Fsp3) is 0.389. The summed E-state index contributed by atoms with van der Waals surface area (Å²) in [5.74, 6) is 1.25. The first kappa shape index (κ1) is 19.1. The van der Waals surface area contributed by atoms with E-state index < -0.39 is 0 Å². The van der Waals surface area contributed by atoms with Crippen LogP contribution in [-0.2, 0) is 4.79 Å². The SMILES string of the molecule is COc1ccccc1-c1cc(NC(=O)C2CCC(N)CC2)ncn1.Cl.